The van der Waals surface area contributed by atoms with Crippen molar-refractivity contribution in [1.82, 2.24) is 10.1 Å². The summed E-state index contributed by atoms with van der Waals surface area (Å²) in [6.07, 6.45) is 1.60. The lowest BCUT2D eigenvalue weighted by Crippen LogP contribution is -2.03. The molecule has 0 aliphatic carbocycles. The molecule has 0 spiro atoms. The minimum Gasteiger partial charge on any atom is -0.396 e. The number of benzene rings is 1. The SMILES string of the molecule is CCCC(OC)c1noc(-c2cc(Cl)c(N)c(Cl)c2)n1. The summed E-state index contributed by atoms with van der Waals surface area (Å²) in [5.41, 5.74) is 6.65. The van der Waals surface area contributed by atoms with Crippen molar-refractivity contribution in [2.45, 2.75) is 25.9 Å². The number of nitrogen functional groups attached to an aromatic ring is 1. The van der Waals surface area contributed by atoms with E-state index in [4.69, 9.17) is 38.2 Å². The van der Waals surface area contributed by atoms with E-state index in [9.17, 15) is 0 Å². The van der Waals surface area contributed by atoms with Gasteiger partial charge in [0, 0.05) is 12.7 Å². The third kappa shape index (κ3) is 3.06. The molecule has 0 aliphatic heterocycles. The Morgan fingerprint density at radius 3 is 2.55 bits per heavy atom. The Balaban J connectivity index is 2.33. The van der Waals surface area contributed by atoms with Crippen molar-refractivity contribution in [2.24, 2.45) is 0 Å². The Morgan fingerprint density at radius 1 is 1.35 bits per heavy atom. The topological polar surface area (TPSA) is 74.2 Å². The van der Waals surface area contributed by atoms with Crippen LogP contribution >= 0.6 is 23.2 Å². The van der Waals surface area contributed by atoms with Crippen LogP contribution in [0.2, 0.25) is 10.0 Å². The van der Waals surface area contributed by atoms with Crippen LogP contribution in [0, 0.1) is 0 Å². The van der Waals surface area contributed by atoms with Crippen LogP contribution in [0.15, 0.2) is 16.7 Å². The molecule has 1 aromatic carbocycles. The van der Waals surface area contributed by atoms with Crippen molar-refractivity contribution in [3.63, 3.8) is 0 Å². The monoisotopic (exact) mass is 315 g/mol. The number of anilines is 1. The first-order chi connectivity index (χ1) is 9.56. The van der Waals surface area contributed by atoms with Gasteiger partial charge in [-0.3, -0.25) is 0 Å². The molecule has 20 heavy (non-hydrogen) atoms. The number of aromatic nitrogens is 2. The van der Waals surface area contributed by atoms with Gasteiger partial charge in [0.25, 0.3) is 5.89 Å². The van der Waals surface area contributed by atoms with Gasteiger partial charge in [-0.1, -0.05) is 41.7 Å². The maximum absolute atomic E-state index is 5.99. The number of hydrogen-bond donors (Lipinski definition) is 1. The predicted octanol–water partition coefficient (Wildman–Crippen LogP) is 4.11. The van der Waals surface area contributed by atoms with Gasteiger partial charge < -0.3 is 15.0 Å². The maximum Gasteiger partial charge on any atom is 0.258 e. The van der Waals surface area contributed by atoms with Crippen LogP contribution in [0.4, 0.5) is 5.69 Å². The highest BCUT2D eigenvalue weighted by Gasteiger charge is 2.18. The molecule has 0 radical (unpaired) electrons. The third-order valence-corrected chi connectivity index (χ3v) is 3.52. The summed E-state index contributed by atoms with van der Waals surface area (Å²) in [6, 6.07) is 3.28. The molecule has 5 nitrogen and oxygen atoms in total. The van der Waals surface area contributed by atoms with E-state index in [2.05, 4.69) is 17.1 Å². The predicted molar refractivity (Wildman–Crippen MR) is 78.8 cm³/mol. The second-order valence-corrected chi connectivity index (χ2v) is 5.14. The fourth-order valence-corrected chi connectivity index (χ4v) is 2.29. The number of halogens is 2. The van der Waals surface area contributed by atoms with Gasteiger partial charge in [0.15, 0.2) is 0 Å². The molecule has 7 heteroatoms. The minimum absolute atomic E-state index is 0.183. The first-order valence-corrected chi connectivity index (χ1v) is 6.93. The molecule has 0 saturated carbocycles. The van der Waals surface area contributed by atoms with E-state index in [1.807, 2.05) is 0 Å². The number of rotatable bonds is 5. The summed E-state index contributed by atoms with van der Waals surface area (Å²) < 4.78 is 10.6. The van der Waals surface area contributed by atoms with Crippen LogP contribution in [-0.2, 0) is 4.74 Å². The summed E-state index contributed by atoms with van der Waals surface area (Å²) in [5.74, 6) is 0.843. The van der Waals surface area contributed by atoms with Crippen molar-refractivity contribution < 1.29 is 9.26 Å². The summed E-state index contributed by atoms with van der Waals surface area (Å²) in [4.78, 5) is 4.32. The number of methoxy groups -OCH3 is 1. The van der Waals surface area contributed by atoms with Crippen molar-refractivity contribution >= 4 is 28.9 Å². The van der Waals surface area contributed by atoms with E-state index < -0.39 is 0 Å². The molecule has 2 rings (SSSR count). The average molecular weight is 316 g/mol. The van der Waals surface area contributed by atoms with Gasteiger partial charge in [-0.2, -0.15) is 4.98 Å². The second kappa shape index (κ2) is 6.43. The molecule has 0 fully saturated rings. The molecule has 1 aromatic heterocycles. The maximum atomic E-state index is 5.99. The van der Waals surface area contributed by atoms with Crippen LogP contribution in [0.3, 0.4) is 0 Å². The van der Waals surface area contributed by atoms with E-state index >= 15 is 0 Å². The first-order valence-electron chi connectivity index (χ1n) is 6.18. The summed E-state index contributed by atoms with van der Waals surface area (Å²) in [5, 5.41) is 4.64. The summed E-state index contributed by atoms with van der Waals surface area (Å²) >= 11 is 12.0. The largest absolute Gasteiger partial charge is 0.396 e. The fraction of sp³-hybridized carbons (Fsp3) is 0.385. The van der Waals surface area contributed by atoms with E-state index in [1.165, 1.54) is 0 Å². The lowest BCUT2D eigenvalue weighted by molar-refractivity contribution is 0.0854. The van der Waals surface area contributed by atoms with Gasteiger partial charge in [0.05, 0.1) is 15.7 Å². The van der Waals surface area contributed by atoms with Crippen LogP contribution in [0.5, 0.6) is 0 Å². The lowest BCUT2D eigenvalue weighted by Gasteiger charge is -2.08. The quantitative estimate of drug-likeness (QED) is 0.840. The zero-order chi connectivity index (χ0) is 14.7. The van der Waals surface area contributed by atoms with Gasteiger partial charge in [-0.05, 0) is 18.6 Å². The summed E-state index contributed by atoms with van der Waals surface area (Å²) in [7, 11) is 1.62. The van der Waals surface area contributed by atoms with Gasteiger partial charge in [0.2, 0.25) is 5.82 Å². The van der Waals surface area contributed by atoms with Gasteiger partial charge >= 0.3 is 0 Å². The van der Waals surface area contributed by atoms with Crippen molar-refractivity contribution in [1.29, 1.82) is 0 Å². The number of nitrogens with zero attached hydrogens (tertiary/aromatic N) is 2. The number of nitrogens with two attached hydrogens (primary N) is 1. The molecular weight excluding hydrogens is 301 g/mol. The van der Waals surface area contributed by atoms with E-state index in [0.29, 0.717) is 33.0 Å². The normalized spacial score (nSPS) is 12.6. The van der Waals surface area contributed by atoms with E-state index in [-0.39, 0.29) is 6.10 Å². The first kappa shape index (κ1) is 15.1. The molecule has 108 valence electrons. The highest BCUT2D eigenvalue weighted by molar-refractivity contribution is 6.39. The van der Waals surface area contributed by atoms with E-state index in [0.717, 1.165) is 12.8 Å². The minimum atomic E-state index is -0.183. The molecule has 1 unspecified atom stereocenters. The fourth-order valence-electron chi connectivity index (χ4n) is 1.81. The average Bonchev–Trinajstić information content (AvgIpc) is 2.91. The molecule has 0 saturated heterocycles. The summed E-state index contributed by atoms with van der Waals surface area (Å²) in [6.45, 7) is 2.06. The van der Waals surface area contributed by atoms with Crippen molar-refractivity contribution in [3.05, 3.63) is 28.0 Å². The Hall–Kier alpha value is -1.30. The molecule has 2 aromatic rings. The van der Waals surface area contributed by atoms with Gasteiger partial charge in [0.1, 0.15) is 6.10 Å². The molecule has 0 amide bonds. The smallest absolute Gasteiger partial charge is 0.258 e. The standard InChI is InChI=1S/C13H15Cl2N3O2/c1-3-4-10(19-2)12-17-13(20-18-12)7-5-8(14)11(16)9(15)6-7/h5-6,10H,3-4,16H2,1-2H3. The van der Waals surface area contributed by atoms with Crippen LogP contribution < -0.4 is 5.73 Å². The third-order valence-electron chi connectivity index (χ3n) is 2.89. The zero-order valence-electron chi connectivity index (χ0n) is 11.2. The van der Waals surface area contributed by atoms with Crippen molar-refractivity contribution in [3.8, 4) is 11.5 Å². The van der Waals surface area contributed by atoms with Crippen LogP contribution in [0.25, 0.3) is 11.5 Å². The Labute approximate surface area is 127 Å². The number of hydrogen-bond acceptors (Lipinski definition) is 5. The molecule has 0 aliphatic rings. The highest BCUT2D eigenvalue weighted by Crippen LogP contribution is 2.33. The van der Waals surface area contributed by atoms with Gasteiger partial charge in [-0.25, -0.2) is 0 Å². The lowest BCUT2D eigenvalue weighted by atomic mass is 10.2. The molecule has 2 N–H and O–H groups in total. The van der Waals surface area contributed by atoms with Crippen LogP contribution in [-0.4, -0.2) is 17.3 Å². The Morgan fingerprint density at radius 2 is 2.00 bits per heavy atom. The zero-order valence-corrected chi connectivity index (χ0v) is 12.7. The van der Waals surface area contributed by atoms with Crippen LogP contribution in [0.1, 0.15) is 31.7 Å². The Kier molecular flexibility index (Phi) is 4.86. The van der Waals surface area contributed by atoms with Crippen molar-refractivity contribution in [2.75, 3.05) is 12.8 Å². The second-order valence-electron chi connectivity index (χ2n) is 4.32. The Bertz CT molecular complexity index is 578. The number of ether oxygens (including phenoxy) is 1. The molecule has 0 bridgehead atoms. The molecule has 1 atom stereocenters. The molecule has 1 heterocycles. The van der Waals surface area contributed by atoms with Gasteiger partial charge in [-0.15, -0.1) is 0 Å². The molecular formula is C13H15Cl2N3O2. The van der Waals surface area contributed by atoms with E-state index in [1.54, 1.807) is 19.2 Å². The highest BCUT2D eigenvalue weighted by atomic mass is 35.5.